The molecule has 0 aromatic heterocycles. The smallest absolute Gasteiger partial charge is 0.260 e. The number of aldehydes is 1. The van der Waals surface area contributed by atoms with Crippen LogP contribution in [0.3, 0.4) is 0 Å². The van der Waals surface area contributed by atoms with E-state index in [-0.39, 0.29) is 43.7 Å². The largest absolute Gasteiger partial charge is 0.493 e. The van der Waals surface area contributed by atoms with Crippen molar-refractivity contribution < 1.29 is 33.3 Å². The number of para-hydroxylation sites is 2. The van der Waals surface area contributed by atoms with Gasteiger partial charge >= 0.3 is 0 Å². The van der Waals surface area contributed by atoms with E-state index in [1.807, 2.05) is 73.6 Å². The number of carbonyl (C=O) groups excluding carboxylic acids is 3. The highest BCUT2D eigenvalue weighted by Gasteiger charge is 2.33. The highest BCUT2D eigenvalue weighted by molar-refractivity contribution is 6.11. The number of benzene rings is 5. The molecule has 0 aliphatic carbocycles. The molecule has 5 aromatic carbocycles. The maximum absolute atomic E-state index is 14.1. The fraction of sp³-hybridized carbons (Fsp3) is 0.277. The van der Waals surface area contributed by atoms with Gasteiger partial charge < -0.3 is 44.7 Å². The number of ether oxygens (including phenoxy) is 4. The Bertz CT molecular complexity index is 2430. The fourth-order valence-corrected chi connectivity index (χ4v) is 7.84. The first kappa shape index (κ1) is 41.3. The summed E-state index contributed by atoms with van der Waals surface area (Å²) < 4.78 is 24.1. The summed E-state index contributed by atoms with van der Waals surface area (Å²) in [4.78, 5) is 47.7. The summed E-state index contributed by atoms with van der Waals surface area (Å²) in [7, 11) is 8.54. The second kappa shape index (κ2) is 18.4. The molecular formula is C47H50N6O7. The van der Waals surface area contributed by atoms with Crippen molar-refractivity contribution in [3.63, 3.8) is 0 Å². The number of anilines is 4. The van der Waals surface area contributed by atoms with Gasteiger partial charge in [0.25, 0.3) is 5.91 Å². The molecule has 2 aliphatic rings. The Morgan fingerprint density at radius 1 is 0.800 bits per heavy atom. The summed E-state index contributed by atoms with van der Waals surface area (Å²) in [5.74, 6) is 1.24. The molecule has 60 heavy (non-hydrogen) atoms. The Balaban J connectivity index is 1.12. The van der Waals surface area contributed by atoms with Crippen LogP contribution in [0.4, 0.5) is 28.4 Å². The van der Waals surface area contributed by atoms with Crippen molar-refractivity contribution in [3.8, 4) is 23.0 Å². The van der Waals surface area contributed by atoms with Crippen molar-refractivity contribution in [1.29, 1.82) is 0 Å². The van der Waals surface area contributed by atoms with Crippen molar-refractivity contribution in [1.82, 2.24) is 5.32 Å². The molecule has 310 valence electrons. The molecule has 2 aliphatic heterocycles. The van der Waals surface area contributed by atoms with Gasteiger partial charge in [-0.2, -0.15) is 0 Å². The van der Waals surface area contributed by atoms with E-state index < -0.39 is 0 Å². The van der Waals surface area contributed by atoms with Crippen LogP contribution in [0.2, 0.25) is 0 Å². The Kier molecular flexibility index (Phi) is 12.7. The summed E-state index contributed by atoms with van der Waals surface area (Å²) in [5.41, 5.74) is 8.33. The van der Waals surface area contributed by atoms with E-state index in [0.29, 0.717) is 51.2 Å². The minimum absolute atomic E-state index is 0.00386. The summed E-state index contributed by atoms with van der Waals surface area (Å²) >= 11 is 0. The van der Waals surface area contributed by atoms with Gasteiger partial charge in [-0.05, 0) is 91.5 Å². The van der Waals surface area contributed by atoms with Crippen LogP contribution in [0.5, 0.6) is 23.0 Å². The summed E-state index contributed by atoms with van der Waals surface area (Å²) in [5, 5.41) is 8.98. The Hall–Kier alpha value is -6.86. The molecule has 7 rings (SSSR count). The van der Waals surface area contributed by atoms with E-state index in [1.165, 1.54) is 19.8 Å². The first-order valence-electron chi connectivity index (χ1n) is 19.8. The lowest BCUT2D eigenvalue weighted by atomic mass is 10.1. The predicted octanol–water partition coefficient (Wildman–Crippen LogP) is 7.23. The second-order valence-corrected chi connectivity index (χ2v) is 14.8. The van der Waals surface area contributed by atoms with Gasteiger partial charge in [-0.3, -0.25) is 19.4 Å². The number of amides is 2. The summed E-state index contributed by atoms with van der Waals surface area (Å²) in [6.07, 6.45) is 4.19. The van der Waals surface area contributed by atoms with E-state index >= 15 is 0 Å². The molecule has 2 atom stereocenters. The number of methoxy groups -OCH3 is 2. The normalized spacial score (nSPS) is 15.4. The van der Waals surface area contributed by atoms with Crippen LogP contribution in [-0.4, -0.2) is 78.3 Å². The zero-order chi connectivity index (χ0) is 42.3. The maximum Gasteiger partial charge on any atom is 0.260 e. The summed E-state index contributed by atoms with van der Waals surface area (Å²) in [6.45, 7) is 2.35. The van der Waals surface area contributed by atoms with Crippen LogP contribution < -0.4 is 44.7 Å². The van der Waals surface area contributed by atoms with Gasteiger partial charge in [-0.15, -0.1) is 0 Å². The third-order valence-corrected chi connectivity index (χ3v) is 10.8. The molecule has 0 saturated carbocycles. The lowest BCUT2D eigenvalue weighted by molar-refractivity contribution is -0.115. The highest BCUT2D eigenvalue weighted by Crippen LogP contribution is 2.39. The zero-order valence-electron chi connectivity index (χ0n) is 34.7. The first-order valence-corrected chi connectivity index (χ1v) is 19.8. The van der Waals surface area contributed by atoms with E-state index in [0.717, 1.165) is 47.2 Å². The van der Waals surface area contributed by atoms with E-state index in [9.17, 15) is 14.4 Å². The van der Waals surface area contributed by atoms with Crippen LogP contribution in [0, 0.1) is 0 Å². The number of aliphatic imine (C=N–C) groups is 1. The zero-order valence-corrected chi connectivity index (χ0v) is 34.7. The van der Waals surface area contributed by atoms with Crippen LogP contribution in [-0.2, 0) is 30.8 Å². The number of hydrogen-bond acceptors (Lipinski definition) is 11. The van der Waals surface area contributed by atoms with E-state index in [2.05, 4.69) is 39.0 Å². The minimum atomic E-state index is -0.220. The first-order chi connectivity index (χ1) is 29.1. The number of carbonyl (C=O) groups is 3. The van der Waals surface area contributed by atoms with Crippen molar-refractivity contribution >= 4 is 52.8 Å². The number of nitrogens with zero attached hydrogens (tertiary/aromatic N) is 3. The summed E-state index contributed by atoms with van der Waals surface area (Å²) in [6, 6.07) is 28.6. The second-order valence-electron chi connectivity index (χ2n) is 14.8. The molecule has 13 nitrogen and oxygen atoms in total. The molecule has 5 aromatic rings. The molecule has 0 saturated heterocycles. The number of likely N-dealkylation sites (N-methyl/N-ethyl adjacent to an activating group) is 2. The number of rotatable bonds is 16. The molecule has 1 unspecified atom stereocenters. The standard InChI is InChI=1S/C47H50N6O7/c1-29-15-32-11-8-10-14-41(32)53(29)47(56)37-21-43(58-6)45(23-39(37)49-3)60-28-31-16-30(17-35(18-31)51-46(55)25-48-2)27-59-44-22-38(34(26-54)20-42(44)57-5)50-24-36-19-33-12-7-9-13-40(33)52(36)4/h7-14,16-18,20-24,26,29,36,48-49H,15,19,25,27-28H2,1-6H3,(H,51,55)/t29-,36?/m1/s1. The molecule has 2 amide bonds. The van der Waals surface area contributed by atoms with E-state index in [1.54, 1.807) is 38.4 Å². The SMILES string of the molecule is CNCC(=O)Nc1cc(COc2cc(N=CC3Cc4ccccc4N3C)c(C=O)cc2OC)cc(COc2cc(NC)c(C(=O)N3c4ccccc4C[C@H]3C)cc2OC)c1. The van der Waals surface area contributed by atoms with Gasteiger partial charge in [-0.25, -0.2) is 0 Å². The topological polar surface area (TPSA) is 143 Å². The van der Waals surface area contributed by atoms with Gasteiger partial charge in [0.05, 0.1) is 43.7 Å². The Morgan fingerprint density at radius 3 is 2.07 bits per heavy atom. The minimum Gasteiger partial charge on any atom is -0.493 e. The van der Waals surface area contributed by atoms with Crippen molar-refractivity contribution in [2.24, 2.45) is 4.99 Å². The highest BCUT2D eigenvalue weighted by atomic mass is 16.5. The Labute approximate surface area is 350 Å². The monoisotopic (exact) mass is 810 g/mol. The van der Waals surface area contributed by atoms with Crippen LogP contribution in [0.1, 0.15) is 49.9 Å². The van der Waals surface area contributed by atoms with E-state index in [4.69, 9.17) is 23.9 Å². The average molecular weight is 811 g/mol. The molecule has 3 N–H and O–H groups in total. The fourth-order valence-electron chi connectivity index (χ4n) is 7.84. The van der Waals surface area contributed by atoms with Gasteiger partial charge in [0, 0.05) is 61.1 Å². The van der Waals surface area contributed by atoms with Gasteiger partial charge in [0.2, 0.25) is 5.91 Å². The molecule has 0 fully saturated rings. The maximum atomic E-state index is 14.1. The number of hydrogen-bond donors (Lipinski definition) is 3. The van der Waals surface area contributed by atoms with Gasteiger partial charge in [-0.1, -0.05) is 36.4 Å². The number of nitrogens with one attached hydrogen (secondary N) is 3. The van der Waals surface area contributed by atoms with Crippen LogP contribution in [0.25, 0.3) is 0 Å². The lowest BCUT2D eigenvalue weighted by Gasteiger charge is -2.25. The van der Waals surface area contributed by atoms with Crippen molar-refractivity contribution in [2.45, 2.75) is 45.1 Å². The van der Waals surface area contributed by atoms with Crippen molar-refractivity contribution in [2.75, 3.05) is 62.3 Å². The van der Waals surface area contributed by atoms with Crippen LogP contribution >= 0.6 is 0 Å². The number of fused-ring (bicyclic) bond motifs is 2. The lowest BCUT2D eigenvalue weighted by Crippen LogP contribution is -2.36. The van der Waals surface area contributed by atoms with Crippen molar-refractivity contribution in [3.05, 3.63) is 124 Å². The third kappa shape index (κ3) is 8.76. The molecule has 13 heteroatoms. The quantitative estimate of drug-likeness (QED) is 0.0691. The Morgan fingerprint density at radius 2 is 1.43 bits per heavy atom. The van der Waals surface area contributed by atoms with Crippen LogP contribution in [0.15, 0.2) is 96.0 Å². The van der Waals surface area contributed by atoms with Gasteiger partial charge in [0.15, 0.2) is 29.3 Å². The molecule has 0 spiro atoms. The molecule has 2 heterocycles. The molecule has 0 bridgehead atoms. The molecular weight excluding hydrogens is 761 g/mol. The average Bonchev–Trinajstić information content (AvgIpc) is 3.77. The molecule has 0 radical (unpaired) electrons. The predicted molar refractivity (Wildman–Crippen MR) is 235 cm³/mol. The van der Waals surface area contributed by atoms with Gasteiger partial charge in [0.1, 0.15) is 13.2 Å². The third-order valence-electron chi connectivity index (χ3n) is 10.8.